The van der Waals surface area contributed by atoms with Crippen molar-refractivity contribution in [3.05, 3.63) is 99.5 Å². The van der Waals surface area contributed by atoms with Crippen LogP contribution in [-0.2, 0) is 32.6 Å². The van der Waals surface area contributed by atoms with Crippen LogP contribution in [0.2, 0.25) is 0 Å². The van der Waals surface area contributed by atoms with Gasteiger partial charge in [0, 0.05) is 36.4 Å². The first-order valence-corrected chi connectivity index (χ1v) is 16.4. The minimum Gasteiger partial charge on any atom is -0.352 e. The molecule has 1 atom stereocenters. The van der Waals surface area contributed by atoms with Crippen molar-refractivity contribution in [2.45, 2.75) is 65.6 Å². The molecule has 220 valence electrons. The van der Waals surface area contributed by atoms with E-state index in [1.807, 2.05) is 100 Å². The molecule has 0 aliphatic carbocycles. The maximum atomic E-state index is 13.9. The van der Waals surface area contributed by atoms with Gasteiger partial charge in [0.05, 0.1) is 11.9 Å². The van der Waals surface area contributed by atoms with Gasteiger partial charge in [0.15, 0.2) is 0 Å². The molecule has 41 heavy (non-hydrogen) atoms. The summed E-state index contributed by atoms with van der Waals surface area (Å²) in [4.78, 5) is 29.1. The fourth-order valence-electron chi connectivity index (χ4n) is 4.87. The van der Waals surface area contributed by atoms with Crippen LogP contribution < -0.4 is 9.62 Å². The van der Waals surface area contributed by atoms with Crippen LogP contribution in [0.3, 0.4) is 0 Å². The number of nitrogens with one attached hydrogen (secondary N) is 1. The highest BCUT2D eigenvalue weighted by atomic mass is 79.9. The summed E-state index contributed by atoms with van der Waals surface area (Å²) in [6.45, 7) is 8.04. The summed E-state index contributed by atoms with van der Waals surface area (Å²) in [5, 5.41) is 2.99. The van der Waals surface area contributed by atoms with Gasteiger partial charge < -0.3 is 10.2 Å². The number of hydrogen-bond acceptors (Lipinski definition) is 4. The van der Waals surface area contributed by atoms with E-state index < -0.39 is 16.1 Å². The zero-order chi connectivity index (χ0) is 30.2. The largest absolute Gasteiger partial charge is 0.352 e. The number of sulfonamides is 1. The molecule has 0 fully saturated rings. The predicted molar refractivity (Wildman–Crippen MR) is 169 cm³/mol. The summed E-state index contributed by atoms with van der Waals surface area (Å²) >= 11 is 3.51. The number of anilines is 1. The first-order chi connectivity index (χ1) is 19.3. The molecule has 0 aromatic heterocycles. The van der Waals surface area contributed by atoms with Gasteiger partial charge in [0.25, 0.3) is 0 Å². The molecule has 2 amide bonds. The Bertz CT molecular complexity index is 1420. The highest BCUT2D eigenvalue weighted by Gasteiger charge is 2.31. The smallest absolute Gasteiger partial charge is 0.243 e. The van der Waals surface area contributed by atoms with Gasteiger partial charge >= 0.3 is 0 Å². The van der Waals surface area contributed by atoms with Gasteiger partial charge in [0.1, 0.15) is 6.04 Å². The molecule has 3 rings (SSSR count). The van der Waals surface area contributed by atoms with Gasteiger partial charge in [0.2, 0.25) is 21.8 Å². The van der Waals surface area contributed by atoms with E-state index in [0.29, 0.717) is 18.5 Å². The quantitative estimate of drug-likeness (QED) is 0.256. The van der Waals surface area contributed by atoms with Crippen LogP contribution in [-0.4, -0.2) is 50.0 Å². The monoisotopic (exact) mass is 641 g/mol. The van der Waals surface area contributed by atoms with Gasteiger partial charge in [-0.05, 0) is 80.6 Å². The average molecular weight is 643 g/mol. The number of halogens is 1. The molecular weight excluding hydrogens is 602 g/mol. The molecular formula is C32H40BrN3O4S. The Kier molecular flexibility index (Phi) is 11.5. The fourth-order valence-corrected chi connectivity index (χ4v) is 6.26. The topological polar surface area (TPSA) is 86.8 Å². The molecule has 0 saturated heterocycles. The molecule has 0 aliphatic heterocycles. The minimum atomic E-state index is -3.57. The number of benzene rings is 3. The van der Waals surface area contributed by atoms with E-state index >= 15 is 0 Å². The van der Waals surface area contributed by atoms with Crippen LogP contribution in [0.5, 0.6) is 0 Å². The summed E-state index contributed by atoms with van der Waals surface area (Å²) in [7, 11) is -3.57. The molecule has 0 aliphatic rings. The first kappa shape index (κ1) is 32.3. The fraction of sp³-hybridized carbons (Fsp3) is 0.375. The van der Waals surface area contributed by atoms with Gasteiger partial charge in [-0.2, -0.15) is 0 Å². The minimum absolute atomic E-state index is 0.0884. The molecule has 0 spiro atoms. The Balaban J connectivity index is 1.89. The van der Waals surface area contributed by atoms with E-state index in [1.165, 1.54) is 10.6 Å². The second-order valence-electron chi connectivity index (χ2n) is 10.8. The van der Waals surface area contributed by atoms with E-state index in [-0.39, 0.29) is 37.4 Å². The van der Waals surface area contributed by atoms with Crippen LogP contribution in [0.4, 0.5) is 5.69 Å². The third-order valence-corrected chi connectivity index (χ3v) is 8.28. The lowest BCUT2D eigenvalue weighted by Crippen LogP contribution is -2.51. The Hall–Kier alpha value is -3.17. The van der Waals surface area contributed by atoms with Crippen molar-refractivity contribution in [2.24, 2.45) is 0 Å². The van der Waals surface area contributed by atoms with E-state index in [0.717, 1.165) is 26.7 Å². The second kappa shape index (κ2) is 14.6. The third kappa shape index (κ3) is 10.0. The van der Waals surface area contributed by atoms with Crippen molar-refractivity contribution in [3.63, 3.8) is 0 Å². The van der Waals surface area contributed by atoms with E-state index in [4.69, 9.17) is 0 Å². The molecule has 9 heteroatoms. The number of carbonyl (C=O) groups is 2. The van der Waals surface area contributed by atoms with Crippen molar-refractivity contribution >= 4 is 43.5 Å². The lowest BCUT2D eigenvalue weighted by Gasteiger charge is -2.32. The lowest BCUT2D eigenvalue weighted by atomic mass is 10.0. The van der Waals surface area contributed by atoms with Crippen LogP contribution >= 0.6 is 15.9 Å². The molecule has 3 aromatic carbocycles. The third-order valence-electron chi connectivity index (χ3n) is 6.59. The molecule has 1 unspecified atom stereocenters. The SMILES string of the molecule is Cc1cc(C)cc(N(CCCC(=O)N(Cc2cccc(Br)c2)C(Cc2ccccc2)C(=O)NC(C)C)S(C)(=O)=O)c1. The number of amides is 2. The lowest BCUT2D eigenvalue weighted by molar-refractivity contribution is -0.141. The molecule has 3 aromatic rings. The molecule has 0 heterocycles. The predicted octanol–water partition coefficient (Wildman–Crippen LogP) is 5.78. The molecule has 1 N–H and O–H groups in total. The van der Waals surface area contributed by atoms with Gasteiger partial charge in [-0.1, -0.05) is 64.5 Å². The van der Waals surface area contributed by atoms with Crippen LogP contribution in [0, 0.1) is 13.8 Å². The summed E-state index contributed by atoms with van der Waals surface area (Å²) in [6.07, 6.45) is 1.93. The van der Waals surface area contributed by atoms with Crippen LogP contribution in [0.1, 0.15) is 48.9 Å². The number of hydrogen-bond donors (Lipinski definition) is 1. The Morgan fingerprint density at radius 2 is 1.54 bits per heavy atom. The Morgan fingerprint density at radius 3 is 2.12 bits per heavy atom. The van der Waals surface area contributed by atoms with Gasteiger partial charge in [-0.3, -0.25) is 13.9 Å². The highest BCUT2D eigenvalue weighted by Crippen LogP contribution is 2.23. The number of nitrogens with zero attached hydrogens (tertiary/aromatic N) is 2. The maximum absolute atomic E-state index is 13.9. The summed E-state index contributed by atoms with van der Waals surface area (Å²) in [5.41, 5.74) is 4.34. The Labute approximate surface area is 253 Å². The molecule has 0 bridgehead atoms. The molecule has 0 saturated carbocycles. The maximum Gasteiger partial charge on any atom is 0.243 e. The second-order valence-corrected chi connectivity index (χ2v) is 13.6. The molecule has 0 radical (unpaired) electrons. The summed E-state index contributed by atoms with van der Waals surface area (Å²) in [5.74, 6) is -0.432. The van der Waals surface area contributed by atoms with Gasteiger partial charge in [-0.15, -0.1) is 0 Å². The standard InChI is InChI=1S/C32H40BrN3O4S/c1-23(2)34-32(38)30(21-26-11-7-6-8-12-26)35(22-27-13-9-14-28(33)20-27)31(37)15-10-16-36(41(5,39)40)29-18-24(3)17-25(4)19-29/h6-9,11-14,17-20,23,30H,10,15-16,21-22H2,1-5H3,(H,34,38). The van der Waals surface area contributed by atoms with E-state index in [9.17, 15) is 18.0 Å². The van der Waals surface area contributed by atoms with Crippen LogP contribution in [0.15, 0.2) is 77.3 Å². The summed E-state index contributed by atoms with van der Waals surface area (Å²) in [6, 6.07) is 22.2. The van der Waals surface area contributed by atoms with Crippen molar-refractivity contribution in [3.8, 4) is 0 Å². The van der Waals surface area contributed by atoms with Gasteiger partial charge in [-0.25, -0.2) is 8.42 Å². The Morgan fingerprint density at radius 1 is 0.902 bits per heavy atom. The van der Waals surface area contributed by atoms with Crippen LogP contribution in [0.25, 0.3) is 0 Å². The zero-order valence-electron chi connectivity index (χ0n) is 24.4. The number of aryl methyl sites for hydroxylation is 2. The van der Waals surface area contributed by atoms with Crippen molar-refractivity contribution in [1.29, 1.82) is 0 Å². The summed E-state index contributed by atoms with van der Waals surface area (Å²) < 4.78 is 27.7. The normalized spacial score (nSPS) is 12.2. The van der Waals surface area contributed by atoms with Crippen molar-refractivity contribution < 1.29 is 18.0 Å². The van der Waals surface area contributed by atoms with E-state index in [1.54, 1.807) is 4.90 Å². The molecule has 7 nitrogen and oxygen atoms in total. The average Bonchev–Trinajstić information content (AvgIpc) is 2.87. The van der Waals surface area contributed by atoms with E-state index in [2.05, 4.69) is 21.2 Å². The zero-order valence-corrected chi connectivity index (χ0v) is 26.8. The highest BCUT2D eigenvalue weighted by molar-refractivity contribution is 9.10. The number of carbonyl (C=O) groups excluding carboxylic acids is 2. The first-order valence-electron chi connectivity index (χ1n) is 13.8. The van der Waals surface area contributed by atoms with Crippen molar-refractivity contribution in [1.82, 2.24) is 10.2 Å². The number of rotatable bonds is 13. The van der Waals surface area contributed by atoms with Crippen molar-refractivity contribution in [2.75, 3.05) is 17.1 Å².